The quantitative estimate of drug-likeness (QED) is 0.763. The first-order chi connectivity index (χ1) is 7.10. The fourth-order valence-corrected chi connectivity index (χ4v) is 1.45. The Morgan fingerprint density at radius 2 is 1.87 bits per heavy atom. The molecule has 0 aliphatic heterocycles. The van der Waals surface area contributed by atoms with Crippen LogP contribution in [0.1, 0.15) is 13.8 Å². The van der Waals surface area contributed by atoms with E-state index < -0.39 is 0 Å². The van der Waals surface area contributed by atoms with Crippen molar-refractivity contribution in [3.63, 3.8) is 0 Å². The average Bonchev–Trinajstić information content (AvgIpc) is 2.20. The van der Waals surface area contributed by atoms with Gasteiger partial charge in [0.1, 0.15) is 0 Å². The normalized spacial score (nSPS) is 10.3. The second-order valence-electron chi connectivity index (χ2n) is 3.65. The number of aromatic nitrogens is 1. The van der Waals surface area contributed by atoms with Crippen LogP contribution in [0.3, 0.4) is 0 Å². The van der Waals surface area contributed by atoms with E-state index in [-0.39, 0.29) is 0 Å². The number of nitrogens with zero attached hydrogens (tertiary/aromatic N) is 1. The van der Waals surface area contributed by atoms with Crippen molar-refractivity contribution in [3.8, 4) is 11.6 Å². The largest absolute Gasteiger partial charge is 0.490 e. The minimum atomic E-state index is 0.384. The zero-order chi connectivity index (χ0) is 11.4. The molecule has 0 fully saturated rings. The Kier molecular flexibility index (Phi) is 3.77. The Bertz CT molecular complexity index is 338. The lowest BCUT2D eigenvalue weighted by Crippen LogP contribution is -2.36. The Balaban J connectivity index is 3.11. The molecule has 0 aromatic carbocycles. The second-order valence-corrected chi connectivity index (χ2v) is 3.65. The maximum absolute atomic E-state index is 5.29. The molecule has 0 saturated carbocycles. The van der Waals surface area contributed by atoms with Gasteiger partial charge >= 0.3 is 5.88 Å². The molecular weight excluding hydrogens is 192 g/mol. The van der Waals surface area contributed by atoms with Crippen LogP contribution in [0.25, 0.3) is 0 Å². The number of pyridine rings is 1. The van der Waals surface area contributed by atoms with E-state index in [0.717, 1.165) is 11.6 Å². The van der Waals surface area contributed by atoms with Crippen LogP contribution in [-0.2, 0) is 7.05 Å². The maximum atomic E-state index is 5.29. The van der Waals surface area contributed by atoms with Crippen LogP contribution in [-0.4, -0.2) is 20.3 Å². The number of ether oxygens (including phenoxy) is 2. The predicted molar refractivity (Wildman–Crippen MR) is 59.5 cm³/mol. The van der Waals surface area contributed by atoms with Gasteiger partial charge in [0.2, 0.25) is 5.75 Å². The number of hydrogen-bond acceptors (Lipinski definition) is 3. The third-order valence-corrected chi connectivity index (χ3v) is 2.12. The highest BCUT2D eigenvalue weighted by Crippen LogP contribution is 2.23. The molecule has 0 atom stereocenters. The molecule has 1 rings (SSSR count). The highest BCUT2D eigenvalue weighted by Gasteiger charge is 2.17. The summed E-state index contributed by atoms with van der Waals surface area (Å²) in [4.78, 5) is 0. The number of rotatable bonds is 4. The molecule has 15 heavy (non-hydrogen) atoms. The van der Waals surface area contributed by atoms with Crippen LogP contribution in [0.2, 0.25) is 0 Å². The van der Waals surface area contributed by atoms with Crippen molar-refractivity contribution in [2.45, 2.75) is 19.9 Å². The van der Waals surface area contributed by atoms with Gasteiger partial charge in [0.15, 0.2) is 0 Å². The van der Waals surface area contributed by atoms with E-state index in [9.17, 15) is 0 Å². The SMILES string of the molecule is COc1ccc(NC(C)C)[n+](C)c1OC. The van der Waals surface area contributed by atoms with Gasteiger partial charge in [-0.15, -0.1) is 0 Å². The van der Waals surface area contributed by atoms with Crippen LogP contribution >= 0.6 is 0 Å². The Morgan fingerprint density at radius 1 is 1.20 bits per heavy atom. The number of nitrogens with one attached hydrogen (secondary N) is 1. The lowest BCUT2D eigenvalue weighted by atomic mass is 10.3. The Hall–Kier alpha value is -1.45. The monoisotopic (exact) mass is 211 g/mol. The summed E-state index contributed by atoms with van der Waals surface area (Å²) in [7, 11) is 5.20. The third kappa shape index (κ3) is 2.52. The molecule has 0 bridgehead atoms. The smallest absolute Gasteiger partial charge is 0.327 e. The average molecular weight is 211 g/mol. The standard InChI is InChI=1S/C11H18N2O2/c1-8(2)12-10-7-6-9(14-4)11(15-5)13(10)3/h6-8H,1-5H3/p+1. The van der Waals surface area contributed by atoms with Crippen molar-refractivity contribution >= 4 is 5.82 Å². The van der Waals surface area contributed by atoms with E-state index in [1.807, 2.05) is 23.7 Å². The first kappa shape index (κ1) is 11.6. The molecule has 4 heteroatoms. The van der Waals surface area contributed by atoms with Crippen LogP contribution in [0, 0.1) is 0 Å². The molecular formula is C11H19N2O2+. The molecule has 1 aromatic rings. The van der Waals surface area contributed by atoms with E-state index in [1.165, 1.54) is 0 Å². The van der Waals surface area contributed by atoms with Crippen LogP contribution < -0.4 is 19.4 Å². The summed E-state index contributed by atoms with van der Waals surface area (Å²) in [5, 5.41) is 3.33. The number of hydrogen-bond donors (Lipinski definition) is 1. The molecule has 0 unspecified atom stereocenters. The molecule has 0 amide bonds. The summed E-state index contributed by atoms with van der Waals surface area (Å²) in [5.41, 5.74) is 0. The van der Waals surface area contributed by atoms with Crippen LogP contribution in [0.4, 0.5) is 5.82 Å². The van der Waals surface area contributed by atoms with Gasteiger partial charge in [0, 0.05) is 6.07 Å². The maximum Gasteiger partial charge on any atom is 0.327 e. The molecule has 0 saturated heterocycles. The Labute approximate surface area is 90.8 Å². The van der Waals surface area contributed by atoms with Crippen molar-refractivity contribution in [1.82, 2.24) is 0 Å². The van der Waals surface area contributed by atoms with E-state index in [2.05, 4.69) is 19.2 Å². The summed E-state index contributed by atoms with van der Waals surface area (Å²) in [6.45, 7) is 4.19. The number of anilines is 1. The van der Waals surface area contributed by atoms with Crippen molar-refractivity contribution < 1.29 is 14.0 Å². The molecule has 0 aliphatic carbocycles. The molecule has 1 aromatic heterocycles. The van der Waals surface area contributed by atoms with Gasteiger partial charge in [0.25, 0.3) is 5.82 Å². The zero-order valence-corrected chi connectivity index (χ0v) is 10.00. The van der Waals surface area contributed by atoms with Gasteiger partial charge in [-0.3, -0.25) is 5.32 Å². The lowest BCUT2D eigenvalue weighted by Gasteiger charge is -2.11. The van der Waals surface area contributed by atoms with Gasteiger partial charge < -0.3 is 9.47 Å². The first-order valence-corrected chi connectivity index (χ1v) is 4.97. The molecule has 1 N–H and O–H groups in total. The van der Waals surface area contributed by atoms with Crippen molar-refractivity contribution in [1.29, 1.82) is 0 Å². The minimum absolute atomic E-state index is 0.384. The molecule has 84 valence electrons. The zero-order valence-electron chi connectivity index (χ0n) is 10.00. The highest BCUT2D eigenvalue weighted by molar-refractivity contribution is 5.38. The van der Waals surface area contributed by atoms with Gasteiger partial charge in [-0.25, -0.2) is 0 Å². The summed E-state index contributed by atoms with van der Waals surface area (Å²) in [5.74, 6) is 2.44. The lowest BCUT2D eigenvalue weighted by molar-refractivity contribution is -0.663. The van der Waals surface area contributed by atoms with Gasteiger partial charge in [-0.2, -0.15) is 4.57 Å². The van der Waals surface area contributed by atoms with E-state index in [1.54, 1.807) is 14.2 Å². The molecule has 0 aliphatic rings. The van der Waals surface area contributed by atoms with Gasteiger partial charge in [-0.05, 0) is 19.9 Å². The summed E-state index contributed by atoms with van der Waals surface area (Å²) in [6.07, 6.45) is 0. The van der Waals surface area contributed by atoms with E-state index in [0.29, 0.717) is 11.9 Å². The topological polar surface area (TPSA) is 34.4 Å². The second kappa shape index (κ2) is 4.87. The summed E-state index contributed by atoms with van der Waals surface area (Å²) < 4.78 is 12.4. The van der Waals surface area contributed by atoms with Crippen molar-refractivity contribution in [2.75, 3.05) is 19.5 Å². The fourth-order valence-electron chi connectivity index (χ4n) is 1.45. The van der Waals surface area contributed by atoms with Gasteiger partial charge in [0.05, 0.1) is 27.3 Å². The molecule has 1 heterocycles. The fraction of sp³-hybridized carbons (Fsp3) is 0.545. The molecule has 0 spiro atoms. The Morgan fingerprint density at radius 3 is 2.33 bits per heavy atom. The van der Waals surface area contributed by atoms with Crippen molar-refractivity contribution in [2.24, 2.45) is 7.05 Å². The van der Waals surface area contributed by atoms with Crippen LogP contribution in [0.15, 0.2) is 12.1 Å². The summed E-state index contributed by atoms with van der Waals surface area (Å²) in [6, 6.07) is 4.25. The minimum Gasteiger partial charge on any atom is -0.490 e. The first-order valence-electron chi connectivity index (χ1n) is 4.97. The predicted octanol–water partition coefficient (Wildman–Crippen LogP) is 1.35. The highest BCUT2D eigenvalue weighted by atomic mass is 16.5. The third-order valence-electron chi connectivity index (χ3n) is 2.12. The van der Waals surface area contributed by atoms with E-state index in [4.69, 9.17) is 9.47 Å². The number of methoxy groups -OCH3 is 2. The van der Waals surface area contributed by atoms with E-state index >= 15 is 0 Å². The summed E-state index contributed by atoms with van der Waals surface area (Å²) >= 11 is 0. The van der Waals surface area contributed by atoms with Crippen LogP contribution in [0.5, 0.6) is 11.6 Å². The molecule has 0 radical (unpaired) electrons. The molecule has 4 nitrogen and oxygen atoms in total. The van der Waals surface area contributed by atoms with Gasteiger partial charge in [-0.1, -0.05) is 0 Å². The van der Waals surface area contributed by atoms with Crippen molar-refractivity contribution in [3.05, 3.63) is 12.1 Å².